The summed E-state index contributed by atoms with van der Waals surface area (Å²) >= 11 is 0. The summed E-state index contributed by atoms with van der Waals surface area (Å²) in [5.41, 5.74) is 1.81. The Balaban J connectivity index is 2.26. The number of aromatic carboxylic acids is 1. The zero-order valence-electron chi connectivity index (χ0n) is 12.1. The van der Waals surface area contributed by atoms with Crippen LogP contribution in [0.1, 0.15) is 46.2 Å². The molecule has 0 radical (unpaired) electrons. The summed E-state index contributed by atoms with van der Waals surface area (Å²) in [5.74, 6) is -1.24. The van der Waals surface area contributed by atoms with Crippen molar-refractivity contribution in [1.82, 2.24) is 9.78 Å². The van der Waals surface area contributed by atoms with Crippen LogP contribution in [0.25, 0.3) is 0 Å². The highest BCUT2D eigenvalue weighted by atomic mass is 16.4. The molecule has 21 heavy (non-hydrogen) atoms. The van der Waals surface area contributed by atoms with Gasteiger partial charge in [-0.3, -0.25) is 9.48 Å². The lowest BCUT2D eigenvalue weighted by atomic mass is 10.1. The first-order valence-corrected chi connectivity index (χ1v) is 6.56. The molecule has 0 unspecified atom stereocenters. The van der Waals surface area contributed by atoms with Gasteiger partial charge in [0.15, 0.2) is 0 Å². The van der Waals surface area contributed by atoms with Crippen LogP contribution in [0.2, 0.25) is 0 Å². The molecule has 0 aliphatic rings. The van der Waals surface area contributed by atoms with Crippen LogP contribution < -0.4 is 5.32 Å². The zero-order valence-corrected chi connectivity index (χ0v) is 12.1. The van der Waals surface area contributed by atoms with Crippen molar-refractivity contribution in [2.24, 2.45) is 7.05 Å². The Kier molecular flexibility index (Phi) is 4.07. The van der Waals surface area contributed by atoms with Gasteiger partial charge < -0.3 is 10.4 Å². The predicted molar refractivity (Wildman–Crippen MR) is 78.7 cm³/mol. The van der Waals surface area contributed by atoms with E-state index in [4.69, 9.17) is 5.11 Å². The number of amides is 1. The minimum absolute atomic E-state index is 0.0814. The number of hydrogen-bond donors (Lipinski definition) is 2. The molecule has 6 nitrogen and oxygen atoms in total. The van der Waals surface area contributed by atoms with E-state index in [2.05, 4.69) is 10.4 Å². The Morgan fingerprint density at radius 1 is 1.29 bits per heavy atom. The summed E-state index contributed by atoms with van der Waals surface area (Å²) in [5, 5.41) is 16.0. The highest BCUT2D eigenvalue weighted by molar-refractivity contribution is 6.05. The van der Waals surface area contributed by atoms with E-state index < -0.39 is 5.97 Å². The number of anilines is 1. The molecule has 2 aromatic rings. The van der Waals surface area contributed by atoms with Crippen molar-refractivity contribution in [2.45, 2.75) is 19.8 Å². The molecule has 1 aromatic heterocycles. The first-order chi connectivity index (χ1) is 9.88. The molecule has 0 atom stereocenters. The summed E-state index contributed by atoms with van der Waals surface area (Å²) in [7, 11) is 1.78. The molecule has 0 fully saturated rings. The van der Waals surface area contributed by atoms with Gasteiger partial charge in [0, 0.05) is 18.8 Å². The van der Waals surface area contributed by atoms with Gasteiger partial charge in [-0.25, -0.2) is 4.79 Å². The van der Waals surface area contributed by atoms with Crippen LogP contribution in [-0.4, -0.2) is 26.8 Å². The first kappa shape index (κ1) is 14.8. The average molecular weight is 287 g/mol. The highest BCUT2D eigenvalue weighted by Gasteiger charge is 2.15. The maximum absolute atomic E-state index is 12.2. The zero-order chi connectivity index (χ0) is 15.6. The van der Waals surface area contributed by atoms with Gasteiger partial charge in [0.1, 0.15) is 0 Å². The van der Waals surface area contributed by atoms with Crippen LogP contribution in [0.4, 0.5) is 5.69 Å². The SMILES string of the molecule is CC(C)c1nn(C)cc1NC(=O)c1cccc(C(=O)O)c1. The third-order valence-electron chi connectivity index (χ3n) is 3.02. The van der Waals surface area contributed by atoms with E-state index in [1.54, 1.807) is 30.1 Å². The van der Waals surface area contributed by atoms with Gasteiger partial charge in [0.2, 0.25) is 0 Å². The van der Waals surface area contributed by atoms with Gasteiger partial charge in [-0.05, 0) is 24.1 Å². The second-order valence-corrected chi connectivity index (χ2v) is 5.10. The van der Waals surface area contributed by atoms with Gasteiger partial charge >= 0.3 is 5.97 Å². The number of hydrogen-bond acceptors (Lipinski definition) is 3. The number of carbonyl (C=O) groups is 2. The quantitative estimate of drug-likeness (QED) is 0.904. The molecule has 0 saturated heterocycles. The van der Waals surface area contributed by atoms with E-state index in [1.165, 1.54) is 12.1 Å². The molecule has 1 aromatic carbocycles. The second-order valence-electron chi connectivity index (χ2n) is 5.10. The van der Waals surface area contributed by atoms with E-state index in [0.717, 1.165) is 5.69 Å². The van der Waals surface area contributed by atoms with Gasteiger partial charge in [-0.2, -0.15) is 5.10 Å². The van der Waals surface area contributed by atoms with Crippen molar-refractivity contribution in [1.29, 1.82) is 0 Å². The van der Waals surface area contributed by atoms with Gasteiger partial charge in [0.25, 0.3) is 5.91 Å². The number of benzene rings is 1. The predicted octanol–water partition coefficient (Wildman–Crippen LogP) is 2.49. The Bertz CT molecular complexity index is 689. The fourth-order valence-corrected chi connectivity index (χ4v) is 2.02. The van der Waals surface area contributed by atoms with Crippen molar-refractivity contribution in [2.75, 3.05) is 5.32 Å². The van der Waals surface area contributed by atoms with Crippen LogP contribution in [0, 0.1) is 0 Å². The van der Waals surface area contributed by atoms with Gasteiger partial charge in [-0.15, -0.1) is 0 Å². The number of aryl methyl sites for hydroxylation is 1. The van der Waals surface area contributed by atoms with Crippen molar-refractivity contribution >= 4 is 17.6 Å². The van der Waals surface area contributed by atoms with Crippen molar-refractivity contribution in [3.63, 3.8) is 0 Å². The van der Waals surface area contributed by atoms with Crippen LogP contribution >= 0.6 is 0 Å². The molecule has 0 aliphatic heterocycles. The van der Waals surface area contributed by atoms with E-state index in [1.807, 2.05) is 13.8 Å². The lowest BCUT2D eigenvalue weighted by molar-refractivity contribution is 0.0697. The van der Waals surface area contributed by atoms with Crippen molar-refractivity contribution in [3.8, 4) is 0 Å². The lowest BCUT2D eigenvalue weighted by Crippen LogP contribution is -2.13. The Labute approximate surface area is 122 Å². The molecule has 0 aliphatic carbocycles. The molecule has 1 amide bonds. The summed E-state index contributed by atoms with van der Waals surface area (Å²) < 4.78 is 1.64. The minimum atomic E-state index is -1.06. The molecule has 110 valence electrons. The summed E-state index contributed by atoms with van der Waals surface area (Å²) in [6.07, 6.45) is 1.73. The second kappa shape index (κ2) is 5.78. The maximum atomic E-state index is 12.2. The van der Waals surface area contributed by atoms with Gasteiger partial charge in [0.05, 0.1) is 16.9 Å². The van der Waals surface area contributed by atoms with E-state index >= 15 is 0 Å². The molecule has 0 saturated carbocycles. The number of rotatable bonds is 4. The van der Waals surface area contributed by atoms with Crippen molar-refractivity contribution in [3.05, 3.63) is 47.3 Å². The Morgan fingerprint density at radius 2 is 1.95 bits per heavy atom. The van der Waals surface area contributed by atoms with E-state index in [-0.39, 0.29) is 17.4 Å². The highest BCUT2D eigenvalue weighted by Crippen LogP contribution is 2.22. The Hall–Kier alpha value is -2.63. The summed E-state index contributed by atoms with van der Waals surface area (Å²) in [6, 6.07) is 5.92. The first-order valence-electron chi connectivity index (χ1n) is 6.56. The standard InChI is InChI=1S/C15H17N3O3/c1-9(2)13-12(8-18(3)17-13)16-14(19)10-5-4-6-11(7-10)15(20)21/h4-9H,1-3H3,(H,16,19)(H,20,21). The van der Waals surface area contributed by atoms with Gasteiger partial charge in [-0.1, -0.05) is 19.9 Å². The number of aromatic nitrogens is 2. The average Bonchev–Trinajstić information content (AvgIpc) is 2.80. The van der Waals surface area contributed by atoms with E-state index in [9.17, 15) is 9.59 Å². The normalized spacial score (nSPS) is 10.7. The van der Waals surface area contributed by atoms with E-state index in [0.29, 0.717) is 11.3 Å². The fraction of sp³-hybridized carbons (Fsp3) is 0.267. The monoisotopic (exact) mass is 287 g/mol. The number of carboxylic acids is 1. The smallest absolute Gasteiger partial charge is 0.335 e. The van der Waals surface area contributed by atoms with Crippen LogP contribution in [0.3, 0.4) is 0 Å². The third kappa shape index (κ3) is 3.28. The number of nitrogens with zero attached hydrogens (tertiary/aromatic N) is 2. The fourth-order valence-electron chi connectivity index (χ4n) is 2.02. The number of carboxylic acid groups (broad SMARTS) is 1. The van der Waals surface area contributed by atoms with Crippen LogP contribution in [0.15, 0.2) is 30.5 Å². The summed E-state index contributed by atoms with van der Waals surface area (Å²) in [6.45, 7) is 3.98. The lowest BCUT2D eigenvalue weighted by Gasteiger charge is -2.07. The molecular formula is C15H17N3O3. The molecule has 2 N–H and O–H groups in total. The molecule has 0 spiro atoms. The third-order valence-corrected chi connectivity index (χ3v) is 3.02. The topological polar surface area (TPSA) is 84.2 Å². The number of carbonyl (C=O) groups excluding carboxylic acids is 1. The molecular weight excluding hydrogens is 270 g/mol. The number of nitrogens with one attached hydrogen (secondary N) is 1. The summed E-state index contributed by atoms with van der Waals surface area (Å²) in [4.78, 5) is 23.2. The molecule has 6 heteroatoms. The minimum Gasteiger partial charge on any atom is -0.478 e. The van der Waals surface area contributed by atoms with Crippen LogP contribution in [-0.2, 0) is 7.05 Å². The Morgan fingerprint density at radius 3 is 2.57 bits per heavy atom. The molecule has 2 rings (SSSR count). The molecule has 1 heterocycles. The van der Waals surface area contributed by atoms with Crippen molar-refractivity contribution < 1.29 is 14.7 Å². The molecule has 0 bridgehead atoms. The van der Waals surface area contributed by atoms with Crippen LogP contribution in [0.5, 0.6) is 0 Å². The largest absolute Gasteiger partial charge is 0.478 e. The maximum Gasteiger partial charge on any atom is 0.335 e.